The summed E-state index contributed by atoms with van der Waals surface area (Å²) >= 11 is 0. The topological polar surface area (TPSA) is 53.1 Å². The predicted octanol–water partition coefficient (Wildman–Crippen LogP) is 4.20. The molecule has 5 rings (SSSR count). The zero-order valence-electron chi connectivity index (χ0n) is 16.2. The van der Waals surface area contributed by atoms with E-state index in [1.807, 2.05) is 24.4 Å². The van der Waals surface area contributed by atoms with Gasteiger partial charge in [0.15, 0.2) is 23.0 Å². The van der Waals surface area contributed by atoms with Gasteiger partial charge in [-0.05, 0) is 56.1 Å². The van der Waals surface area contributed by atoms with E-state index in [9.17, 15) is 0 Å². The van der Waals surface area contributed by atoms with Crippen molar-refractivity contribution in [1.29, 1.82) is 0 Å². The summed E-state index contributed by atoms with van der Waals surface area (Å²) in [5.41, 5.74) is 3.11. The van der Waals surface area contributed by atoms with E-state index in [4.69, 9.17) is 23.9 Å². The molecule has 1 aromatic heterocycles. The highest BCUT2D eigenvalue weighted by Gasteiger charge is 2.21. The molecule has 0 N–H and O–H groups in total. The zero-order chi connectivity index (χ0) is 19.3. The standard InChI is InChI=1S/C22H22N2O4/c1-13(2)24(3)10-15-7-20-21(27-11-26-20)8-16(15)18-6-14-4-5-19-22(28-12-25-19)17(14)9-23-18/h4-9,13H,10-12H2,1-3H3. The van der Waals surface area contributed by atoms with E-state index in [0.717, 1.165) is 57.1 Å². The van der Waals surface area contributed by atoms with Gasteiger partial charge in [0.05, 0.1) is 5.69 Å². The second-order valence-corrected chi connectivity index (χ2v) is 7.46. The van der Waals surface area contributed by atoms with Crippen LogP contribution in [0.1, 0.15) is 19.4 Å². The molecule has 0 spiro atoms. The number of rotatable bonds is 4. The average Bonchev–Trinajstić information content (AvgIpc) is 3.35. The van der Waals surface area contributed by atoms with Crippen molar-refractivity contribution in [3.8, 4) is 34.3 Å². The molecule has 0 saturated carbocycles. The van der Waals surface area contributed by atoms with Gasteiger partial charge in [-0.25, -0.2) is 0 Å². The van der Waals surface area contributed by atoms with Gasteiger partial charge in [-0.1, -0.05) is 6.07 Å². The Morgan fingerprint density at radius 2 is 1.71 bits per heavy atom. The number of fused-ring (bicyclic) bond motifs is 4. The normalized spacial score (nSPS) is 14.5. The Bertz CT molecular complexity index is 1060. The first-order valence-electron chi connectivity index (χ1n) is 9.41. The number of benzene rings is 2. The lowest BCUT2D eigenvalue weighted by atomic mass is 10.00. The van der Waals surface area contributed by atoms with Gasteiger partial charge in [0.2, 0.25) is 13.6 Å². The van der Waals surface area contributed by atoms with Crippen molar-refractivity contribution in [2.45, 2.75) is 26.4 Å². The van der Waals surface area contributed by atoms with Gasteiger partial charge in [-0.2, -0.15) is 0 Å². The third-order valence-electron chi connectivity index (χ3n) is 5.41. The van der Waals surface area contributed by atoms with E-state index in [-0.39, 0.29) is 13.6 Å². The maximum Gasteiger partial charge on any atom is 0.231 e. The molecule has 0 fully saturated rings. The second kappa shape index (κ2) is 6.56. The Balaban J connectivity index is 1.62. The van der Waals surface area contributed by atoms with Crippen LogP contribution in [0.2, 0.25) is 0 Å². The van der Waals surface area contributed by atoms with Crippen LogP contribution in [0.5, 0.6) is 23.0 Å². The molecule has 3 aromatic rings. The Morgan fingerprint density at radius 1 is 0.964 bits per heavy atom. The fraction of sp³-hybridized carbons (Fsp3) is 0.318. The van der Waals surface area contributed by atoms with Crippen molar-refractivity contribution < 1.29 is 18.9 Å². The van der Waals surface area contributed by atoms with Crippen LogP contribution in [0.15, 0.2) is 36.5 Å². The Hall–Kier alpha value is -2.99. The molecule has 0 unspecified atom stereocenters. The van der Waals surface area contributed by atoms with Gasteiger partial charge in [0.1, 0.15) is 0 Å². The summed E-state index contributed by atoms with van der Waals surface area (Å²) in [6, 6.07) is 10.6. The summed E-state index contributed by atoms with van der Waals surface area (Å²) in [6.45, 7) is 5.68. The van der Waals surface area contributed by atoms with Crippen molar-refractivity contribution in [1.82, 2.24) is 9.88 Å². The summed E-state index contributed by atoms with van der Waals surface area (Å²) in [7, 11) is 2.12. The molecule has 0 radical (unpaired) electrons. The fourth-order valence-corrected chi connectivity index (χ4v) is 3.54. The van der Waals surface area contributed by atoms with Gasteiger partial charge in [0, 0.05) is 29.7 Å². The van der Waals surface area contributed by atoms with Gasteiger partial charge >= 0.3 is 0 Å². The third-order valence-corrected chi connectivity index (χ3v) is 5.41. The SMILES string of the molecule is CC(C)N(C)Cc1cc2c(cc1-c1cc3ccc4c(c3cn1)OCO4)OCO2. The van der Waals surface area contributed by atoms with E-state index in [0.29, 0.717) is 6.04 Å². The lowest BCUT2D eigenvalue weighted by molar-refractivity contribution is 0.173. The van der Waals surface area contributed by atoms with Crippen LogP contribution in [0, 0.1) is 0 Å². The highest BCUT2D eigenvalue weighted by Crippen LogP contribution is 2.42. The lowest BCUT2D eigenvalue weighted by Gasteiger charge is -2.23. The van der Waals surface area contributed by atoms with Gasteiger partial charge in [0.25, 0.3) is 0 Å². The number of hydrogen-bond donors (Lipinski definition) is 0. The molecule has 144 valence electrons. The van der Waals surface area contributed by atoms with Crippen molar-refractivity contribution >= 4 is 10.8 Å². The molecule has 2 aromatic carbocycles. The smallest absolute Gasteiger partial charge is 0.231 e. The van der Waals surface area contributed by atoms with E-state index >= 15 is 0 Å². The Kier molecular flexibility index (Phi) is 4.02. The number of ether oxygens (including phenoxy) is 4. The van der Waals surface area contributed by atoms with Crippen LogP contribution in [-0.2, 0) is 6.54 Å². The van der Waals surface area contributed by atoms with Crippen LogP contribution in [0.4, 0.5) is 0 Å². The molecule has 0 aliphatic carbocycles. The summed E-state index contributed by atoms with van der Waals surface area (Å²) in [4.78, 5) is 7.03. The first-order chi connectivity index (χ1) is 13.6. The molecule has 2 aliphatic heterocycles. The number of hydrogen-bond acceptors (Lipinski definition) is 6. The molecule has 0 atom stereocenters. The molecule has 3 heterocycles. The number of pyridine rings is 1. The van der Waals surface area contributed by atoms with Gasteiger partial charge < -0.3 is 18.9 Å². The second-order valence-electron chi connectivity index (χ2n) is 7.46. The predicted molar refractivity (Wildman–Crippen MR) is 106 cm³/mol. The molecule has 6 nitrogen and oxygen atoms in total. The summed E-state index contributed by atoms with van der Waals surface area (Å²) < 4.78 is 22.3. The highest BCUT2D eigenvalue weighted by atomic mass is 16.7. The first-order valence-corrected chi connectivity index (χ1v) is 9.41. The summed E-state index contributed by atoms with van der Waals surface area (Å²) in [5.74, 6) is 3.09. The monoisotopic (exact) mass is 378 g/mol. The van der Waals surface area contributed by atoms with E-state index in [2.05, 4.69) is 37.9 Å². The minimum atomic E-state index is 0.254. The van der Waals surface area contributed by atoms with Crippen LogP contribution in [0.3, 0.4) is 0 Å². The van der Waals surface area contributed by atoms with Gasteiger partial charge in [-0.15, -0.1) is 0 Å². The lowest BCUT2D eigenvalue weighted by Crippen LogP contribution is -2.25. The average molecular weight is 378 g/mol. The molecule has 0 amide bonds. The summed E-state index contributed by atoms with van der Waals surface area (Å²) in [6.07, 6.45) is 1.86. The van der Waals surface area contributed by atoms with Crippen molar-refractivity contribution in [2.75, 3.05) is 20.6 Å². The molecule has 0 bridgehead atoms. The van der Waals surface area contributed by atoms with E-state index in [1.54, 1.807) is 0 Å². The quantitative estimate of drug-likeness (QED) is 0.678. The maximum atomic E-state index is 5.62. The molecule has 0 saturated heterocycles. The summed E-state index contributed by atoms with van der Waals surface area (Å²) in [5, 5.41) is 2.02. The molecular weight excluding hydrogens is 356 g/mol. The zero-order valence-corrected chi connectivity index (χ0v) is 16.2. The van der Waals surface area contributed by atoms with Crippen molar-refractivity contribution in [3.05, 3.63) is 42.1 Å². The largest absolute Gasteiger partial charge is 0.454 e. The highest BCUT2D eigenvalue weighted by molar-refractivity contribution is 5.93. The maximum absolute atomic E-state index is 5.62. The van der Waals surface area contributed by atoms with Crippen molar-refractivity contribution in [2.24, 2.45) is 0 Å². The van der Waals surface area contributed by atoms with Crippen LogP contribution in [0.25, 0.3) is 22.0 Å². The third kappa shape index (κ3) is 2.81. The molecule has 28 heavy (non-hydrogen) atoms. The molecule has 6 heteroatoms. The van der Waals surface area contributed by atoms with Crippen LogP contribution >= 0.6 is 0 Å². The van der Waals surface area contributed by atoms with Crippen LogP contribution in [-0.4, -0.2) is 36.6 Å². The van der Waals surface area contributed by atoms with E-state index < -0.39 is 0 Å². The number of nitrogens with zero attached hydrogens (tertiary/aromatic N) is 2. The minimum absolute atomic E-state index is 0.254. The minimum Gasteiger partial charge on any atom is -0.454 e. The van der Waals surface area contributed by atoms with E-state index in [1.165, 1.54) is 0 Å². The Labute approximate surface area is 163 Å². The molecule has 2 aliphatic rings. The first kappa shape index (κ1) is 17.1. The van der Waals surface area contributed by atoms with Crippen molar-refractivity contribution in [3.63, 3.8) is 0 Å². The van der Waals surface area contributed by atoms with Gasteiger partial charge in [-0.3, -0.25) is 9.88 Å². The molecular formula is C22H22N2O4. The fourth-order valence-electron chi connectivity index (χ4n) is 3.54. The number of aromatic nitrogens is 1. The Morgan fingerprint density at radius 3 is 2.54 bits per heavy atom. The van der Waals surface area contributed by atoms with Crippen LogP contribution < -0.4 is 18.9 Å².